The van der Waals surface area contributed by atoms with Gasteiger partial charge in [-0.1, -0.05) is 24.3 Å². The quantitative estimate of drug-likeness (QED) is 0.531. The molecule has 1 aliphatic rings. The van der Waals surface area contributed by atoms with Gasteiger partial charge in [-0.2, -0.15) is 0 Å². The topological polar surface area (TPSA) is 56.0 Å². The van der Waals surface area contributed by atoms with Gasteiger partial charge in [0.1, 0.15) is 0 Å². The molecular formula is C22H20N2O3S2. The Bertz CT molecular complexity index is 1180. The summed E-state index contributed by atoms with van der Waals surface area (Å²) in [5.74, 6) is 1.57. The van der Waals surface area contributed by atoms with Gasteiger partial charge in [0.15, 0.2) is 15.5 Å². The molecule has 0 amide bonds. The number of allylic oxidation sites excluding steroid dienone is 1. The first kappa shape index (κ1) is 19.4. The van der Waals surface area contributed by atoms with Crippen molar-refractivity contribution in [1.29, 1.82) is 0 Å². The molecule has 7 heteroatoms. The standard InChI is InChI=1S/C22H20N2O3S2/c1-26-18-8-7-14(11-19(18)27-2)9-10-24-21(25)20(29-22(24)28)12-15-13-23-17-6-4-3-5-16(15)17/h3-8,11-13,25H,9-10H2,1-2H3. The Morgan fingerprint density at radius 2 is 1.93 bits per heavy atom. The van der Waals surface area contributed by atoms with Crippen molar-refractivity contribution < 1.29 is 14.6 Å². The number of hydrogen-bond acceptors (Lipinski definition) is 6. The number of ether oxygens (including phenoxy) is 2. The van der Waals surface area contributed by atoms with Crippen molar-refractivity contribution in [3.05, 3.63) is 62.4 Å². The van der Waals surface area contributed by atoms with Crippen molar-refractivity contribution in [2.24, 2.45) is 4.99 Å². The maximum absolute atomic E-state index is 10.8. The number of benzene rings is 2. The molecule has 1 aromatic heterocycles. The summed E-state index contributed by atoms with van der Waals surface area (Å²) in [5, 5.41) is 10.8. The Balaban J connectivity index is 1.57. The average molecular weight is 425 g/mol. The van der Waals surface area contributed by atoms with Gasteiger partial charge < -0.3 is 14.6 Å². The van der Waals surface area contributed by atoms with Crippen LogP contribution in [0.5, 0.6) is 17.4 Å². The number of aromatic nitrogens is 1. The first-order valence-electron chi connectivity index (χ1n) is 9.09. The molecule has 148 valence electrons. The van der Waals surface area contributed by atoms with Crippen molar-refractivity contribution in [1.82, 2.24) is 4.57 Å². The lowest BCUT2D eigenvalue weighted by Crippen LogP contribution is -2.01. The first-order valence-corrected chi connectivity index (χ1v) is 10.3. The Morgan fingerprint density at radius 3 is 2.72 bits per heavy atom. The molecule has 1 N–H and O–H groups in total. The lowest BCUT2D eigenvalue weighted by Gasteiger charge is -2.10. The van der Waals surface area contributed by atoms with Crippen molar-refractivity contribution in [2.75, 3.05) is 14.2 Å². The van der Waals surface area contributed by atoms with E-state index in [9.17, 15) is 5.11 Å². The van der Waals surface area contributed by atoms with Crippen LogP contribution in [-0.2, 0) is 13.0 Å². The fourth-order valence-corrected chi connectivity index (χ4v) is 4.59. The summed E-state index contributed by atoms with van der Waals surface area (Å²) < 4.78 is 13.0. The number of rotatable bonds is 6. The molecule has 0 unspecified atom stereocenters. The van der Waals surface area contributed by atoms with E-state index in [0.29, 0.717) is 28.4 Å². The molecule has 0 bridgehead atoms. The molecular weight excluding hydrogens is 404 g/mol. The minimum Gasteiger partial charge on any atom is -0.493 e. The largest absolute Gasteiger partial charge is 0.493 e. The minimum atomic E-state index is 0.186. The van der Waals surface area contributed by atoms with Crippen LogP contribution in [0.2, 0.25) is 0 Å². The molecule has 0 saturated carbocycles. The summed E-state index contributed by atoms with van der Waals surface area (Å²) in [6.45, 7) is 0.574. The maximum Gasteiger partial charge on any atom is 0.210 e. The van der Waals surface area contributed by atoms with Crippen LogP contribution in [0.1, 0.15) is 16.0 Å². The lowest BCUT2D eigenvalue weighted by atomic mass is 10.1. The van der Waals surface area contributed by atoms with E-state index in [1.807, 2.05) is 54.8 Å². The zero-order chi connectivity index (χ0) is 20.4. The summed E-state index contributed by atoms with van der Waals surface area (Å²) in [6, 6.07) is 13.8. The lowest BCUT2D eigenvalue weighted by molar-refractivity contribution is 0.354. The highest BCUT2D eigenvalue weighted by molar-refractivity contribution is 7.73. The smallest absolute Gasteiger partial charge is 0.210 e. The summed E-state index contributed by atoms with van der Waals surface area (Å²) in [4.78, 5) is 5.15. The fraction of sp³-hybridized carbons (Fsp3) is 0.182. The predicted molar refractivity (Wildman–Crippen MR) is 121 cm³/mol. The van der Waals surface area contributed by atoms with Gasteiger partial charge in [0.05, 0.1) is 24.8 Å². The van der Waals surface area contributed by atoms with Gasteiger partial charge >= 0.3 is 0 Å². The molecule has 29 heavy (non-hydrogen) atoms. The SMILES string of the molecule is COc1ccc(CCn2c(O)c(C=C3C=Nc4ccccc43)sc2=S)cc1OC. The van der Waals surface area contributed by atoms with E-state index in [1.165, 1.54) is 11.3 Å². The predicted octanol–water partition coefficient (Wildman–Crippen LogP) is 5.50. The number of aromatic hydroxyl groups is 1. The van der Waals surface area contributed by atoms with Gasteiger partial charge in [-0.05, 0) is 48.5 Å². The molecule has 0 fully saturated rings. The number of fused-ring (bicyclic) bond motifs is 1. The van der Waals surface area contributed by atoms with Gasteiger partial charge in [-0.15, -0.1) is 11.3 Å². The van der Waals surface area contributed by atoms with Gasteiger partial charge in [0.25, 0.3) is 0 Å². The highest BCUT2D eigenvalue weighted by Gasteiger charge is 2.15. The van der Waals surface area contributed by atoms with Gasteiger partial charge in [-0.25, -0.2) is 0 Å². The minimum absolute atomic E-state index is 0.186. The molecule has 0 radical (unpaired) electrons. The first-order chi connectivity index (χ1) is 14.1. The number of para-hydroxylation sites is 1. The molecule has 3 aromatic rings. The van der Waals surface area contributed by atoms with E-state index in [1.54, 1.807) is 18.8 Å². The van der Waals surface area contributed by atoms with Crippen molar-refractivity contribution in [2.45, 2.75) is 13.0 Å². The number of aryl methyl sites for hydroxylation is 1. The third-order valence-electron chi connectivity index (χ3n) is 4.81. The fourth-order valence-electron chi connectivity index (χ4n) is 3.28. The Hall–Kier alpha value is -2.90. The molecule has 2 heterocycles. The molecule has 2 aromatic carbocycles. The Kier molecular flexibility index (Phi) is 5.51. The van der Waals surface area contributed by atoms with E-state index >= 15 is 0 Å². The zero-order valence-corrected chi connectivity index (χ0v) is 17.7. The second-order valence-corrected chi connectivity index (χ2v) is 8.20. The second-order valence-electron chi connectivity index (χ2n) is 6.52. The van der Waals surface area contributed by atoms with Crippen LogP contribution in [0.3, 0.4) is 0 Å². The van der Waals surface area contributed by atoms with E-state index in [4.69, 9.17) is 21.7 Å². The van der Waals surface area contributed by atoms with Crippen LogP contribution in [0.4, 0.5) is 5.69 Å². The summed E-state index contributed by atoms with van der Waals surface area (Å²) in [6.07, 6.45) is 4.47. The second kappa shape index (κ2) is 8.23. The average Bonchev–Trinajstić information content (AvgIpc) is 3.27. The van der Waals surface area contributed by atoms with E-state index in [-0.39, 0.29) is 5.88 Å². The maximum atomic E-state index is 10.8. The van der Waals surface area contributed by atoms with Gasteiger partial charge in [0, 0.05) is 23.9 Å². The molecule has 5 nitrogen and oxygen atoms in total. The third-order valence-corrected chi connectivity index (χ3v) is 6.20. The summed E-state index contributed by atoms with van der Waals surface area (Å²) >= 11 is 6.89. The van der Waals surface area contributed by atoms with E-state index in [0.717, 1.165) is 27.3 Å². The molecule has 0 aliphatic carbocycles. The van der Waals surface area contributed by atoms with Crippen LogP contribution in [0, 0.1) is 3.95 Å². The summed E-state index contributed by atoms with van der Waals surface area (Å²) in [5.41, 5.74) is 4.05. The molecule has 1 aliphatic heterocycles. The molecule has 0 spiro atoms. The van der Waals surface area contributed by atoms with Gasteiger partial charge in [-0.3, -0.25) is 9.56 Å². The number of hydrogen-bond donors (Lipinski definition) is 1. The van der Waals surface area contributed by atoms with Crippen molar-refractivity contribution in [3.8, 4) is 17.4 Å². The van der Waals surface area contributed by atoms with Gasteiger partial charge in [0.2, 0.25) is 5.88 Å². The normalized spacial score (nSPS) is 13.7. The highest BCUT2D eigenvalue weighted by atomic mass is 32.1. The Morgan fingerprint density at radius 1 is 1.14 bits per heavy atom. The molecule has 0 atom stereocenters. The third kappa shape index (κ3) is 3.83. The van der Waals surface area contributed by atoms with Crippen LogP contribution < -0.4 is 9.47 Å². The summed E-state index contributed by atoms with van der Waals surface area (Å²) in [7, 11) is 3.23. The van der Waals surface area contributed by atoms with Crippen LogP contribution >= 0.6 is 23.6 Å². The number of methoxy groups -OCH3 is 2. The van der Waals surface area contributed by atoms with Crippen LogP contribution in [0.15, 0.2) is 47.5 Å². The zero-order valence-electron chi connectivity index (χ0n) is 16.1. The number of aliphatic imine (C=N–C) groups is 1. The Labute approximate surface area is 178 Å². The van der Waals surface area contributed by atoms with E-state index in [2.05, 4.69) is 4.99 Å². The van der Waals surface area contributed by atoms with Crippen LogP contribution in [0.25, 0.3) is 11.6 Å². The van der Waals surface area contributed by atoms with E-state index < -0.39 is 0 Å². The van der Waals surface area contributed by atoms with Crippen molar-refractivity contribution >= 4 is 47.1 Å². The number of nitrogens with zero attached hydrogens (tertiary/aromatic N) is 2. The van der Waals surface area contributed by atoms with Crippen molar-refractivity contribution in [3.63, 3.8) is 0 Å². The van der Waals surface area contributed by atoms with Crippen LogP contribution in [-0.4, -0.2) is 30.1 Å². The highest BCUT2D eigenvalue weighted by Crippen LogP contribution is 2.36. The number of thiazole rings is 1. The molecule has 0 saturated heterocycles. The monoisotopic (exact) mass is 424 g/mol. The molecule has 4 rings (SSSR count).